The van der Waals surface area contributed by atoms with Crippen molar-refractivity contribution < 1.29 is 0 Å². The van der Waals surface area contributed by atoms with E-state index in [1.807, 2.05) is 30.3 Å². The van der Waals surface area contributed by atoms with Crippen molar-refractivity contribution in [3.8, 4) is 11.4 Å². The fourth-order valence-corrected chi connectivity index (χ4v) is 5.65. The molecule has 1 aliphatic carbocycles. The molecule has 0 bridgehead atoms. The molecule has 2 aromatic carbocycles. The van der Waals surface area contributed by atoms with Gasteiger partial charge in [-0.1, -0.05) is 47.5 Å². The number of hydrogen-bond acceptors (Lipinski definition) is 2. The van der Waals surface area contributed by atoms with Crippen molar-refractivity contribution >= 4 is 23.2 Å². The van der Waals surface area contributed by atoms with Gasteiger partial charge in [-0.3, -0.25) is 4.90 Å². The molecule has 2 heterocycles. The van der Waals surface area contributed by atoms with Gasteiger partial charge in [-0.25, -0.2) is 4.98 Å². The Morgan fingerprint density at radius 1 is 1.03 bits per heavy atom. The molecule has 5 rings (SSSR count). The summed E-state index contributed by atoms with van der Waals surface area (Å²) < 4.78 is 0. The monoisotopic (exact) mass is 425 g/mol. The highest BCUT2D eigenvalue weighted by Gasteiger charge is 2.41. The molecule has 2 aliphatic rings. The van der Waals surface area contributed by atoms with Crippen LogP contribution in [0.1, 0.15) is 42.8 Å². The molecule has 1 atom stereocenters. The number of rotatable bonds is 2. The Morgan fingerprint density at radius 2 is 1.83 bits per heavy atom. The number of benzene rings is 2. The van der Waals surface area contributed by atoms with Crippen LogP contribution in [0.15, 0.2) is 42.5 Å². The SMILES string of the molecule is CC1(C)c2[nH]c(-c3ccccc3Cl)nc2CCN1C1CCc2cccc(Cl)c2C1. The highest BCUT2D eigenvalue weighted by Crippen LogP contribution is 2.40. The first-order chi connectivity index (χ1) is 13.9. The van der Waals surface area contributed by atoms with Crippen LogP contribution in [0.25, 0.3) is 11.4 Å². The number of hydrogen-bond donors (Lipinski definition) is 1. The first kappa shape index (κ1) is 19.2. The lowest BCUT2D eigenvalue weighted by atomic mass is 9.82. The van der Waals surface area contributed by atoms with Crippen LogP contribution in [0.5, 0.6) is 0 Å². The van der Waals surface area contributed by atoms with Gasteiger partial charge in [0.15, 0.2) is 0 Å². The molecule has 1 aromatic heterocycles. The van der Waals surface area contributed by atoms with E-state index in [9.17, 15) is 0 Å². The summed E-state index contributed by atoms with van der Waals surface area (Å²) in [6.45, 7) is 5.63. The third kappa shape index (κ3) is 3.20. The average Bonchev–Trinajstić information content (AvgIpc) is 3.14. The molecule has 0 saturated carbocycles. The smallest absolute Gasteiger partial charge is 0.139 e. The Morgan fingerprint density at radius 3 is 2.66 bits per heavy atom. The first-order valence-electron chi connectivity index (χ1n) is 10.3. The molecule has 29 heavy (non-hydrogen) atoms. The zero-order valence-corrected chi connectivity index (χ0v) is 18.3. The van der Waals surface area contributed by atoms with E-state index in [4.69, 9.17) is 28.2 Å². The maximum absolute atomic E-state index is 6.54. The van der Waals surface area contributed by atoms with Gasteiger partial charge in [0.2, 0.25) is 0 Å². The highest BCUT2D eigenvalue weighted by atomic mass is 35.5. The van der Waals surface area contributed by atoms with E-state index in [2.05, 4.69) is 35.9 Å². The lowest BCUT2D eigenvalue weighted by Crippen LogP contribution is -2.53. The number of nitrogens with one attached hydrogen (secondary N) is 1. The summed E-state index contributed by atoms with van der Waals surface area (Å²) >= 11 is 13.0. The fourth-order valence-electron chi connectivity index (χ4n) is 5.16. The van der Waals surface area contributed by atoms with Crippen LogP contribution >= 0.6 is 23.2 Å². The van der Waals surface area contributed by atoms with Gasteiger partial charge in [0.05, 0.1) is 21.9 Å². The number of aromatic nitrogens is 2. The zero-order chi connectivity index (χ0) is 20.2. The van der Waals surface area contributed by atoms with Gasteiger partial charge in [0, 0.05) is 29.6 Å². The van der Waals surface area contributed by atoms with Crippen LogP contribution in [0.4, 0.5) is 0 Å². The van der Waals surface area contributed by atoms with Crippen LogP contribution in [0.3, 0.4) is 0 Å². The first-order valence-corrected chi connectivity index (χ1v) is 11.1. The van der Waals surface area contributed by atoms with Crippen LogP contribution in [-0.2, 0) is 24.8 Å². The molecule has 150 valence electrons. The third-order valence-electron chi connectivity index (χ3n) is 6.67. The Balaban J connectivity index is 1.48. The molecule has 0 radical (unpaired) electrons. The van der Waals surface area contributed by atoms with Gasteiger partial charge >= 0.3 is 0 Å². The quantitative estimate of drug-likeness (QED) is 0.542. The zero-order valence-electron chi connectivity index (χ0n) is 16.8. The predicted molar refractivity (Wildman–Crippen MR) is 120 cm³/mol. The lowest BCUT2D eigenvalue weighted by molar-refractivity contribution is 0.0457. The van der Waals surface area contributed by atoms with Gasteiger partial charge in [0.1, 0.15) is 5.82 Å². The van der Waals surface area contributed by atoms with E-state index >= 15 is 0 Å². The Bertz CT molecular complexity index is 1070. The minimum absolute atomic E-state index is 0.122. The minimum atomic E-state index is -0.122. The third-order valence-corrected chi connectivity index (χ3v) is 7.35. The summed E-state index contributed by atoms with van der Waals surface area (Å²) in [5.74, 6) is 0.868. The van der Waals surface area contributed by atoms with Gasteiger partial charge in [-0.15, -0.1) is 0 Å². The van der Waals surface area contributed by atoms with Crippen molar-refractivity contribution in [2.45, 2.75) is 51.1 Å². The fraction of sp³-hybridized carbons (Fsp3) is 0.375. The van der Waals surface area contributed by atoms with Crippen molar-refractivity contribution in [3.05, 3.63) is 75.0 Å². The van der Waals surface area contributed by atoms with E-state index in [1.165, 1.54) is 16.8 Å². The van der Waals surface area contributed by atoms with Gasteiger partial charge in [-0.05, 0) is 62.4 Å². The standard InChI is InChI=1S/C24H25Cl2N3/c1-24(2)22-21(27-23(28-22)17-7-3-4-8-19(17)25)12-13-29(24)16-11-10-15-6-5-9-20(26)18(15)14-16/h3-9,16H,10-14H2,1-2H3,(H,27,28). The largest absolute Gasteiger partial charge is 0.340 e. The molecule has 0 saturated heterocycles. The Labute approximate surface area is 182 Å². The van der Waals surface area contributed by atoms with E-state index in [1.54, 1.807) is 0 Å². The number of imidazole rings is 1. The van der Waals surface area contributed by atoms with E-state index in [-0.39, 0.29) is 5.54 Å². The van der Waals surface area contributed by atoms with Crippen molar-refractivity contribution in [1.29, 1.82) is 0 Å². The minimum Gasteiger partial charge on any atom is -0.340 e. The molecule has 3 aromatic rings. The van der Waals surface area contributed by atoms with Crippen LogP contribution in [0, 0.1) is 0 Å². The van der Waals surface area contributed by atoms with Crippen molar-refractivity contribution in [2.75, 3.05) is 6.54 Å². The topological polar surface area (TPSA) is 31.9 Å². The summed E-state index contributed by atoms with van der Waals surface area (Å²) in [6, 6.07) is 14.7. The summed E-state index contributed by atoms with van der Waals surface area (Å²) in [4.78, 5) is 11.2. The Kier molecular flexibility index (Phi) is 4.73. The second-order valence-electron chi connectivity index (χ2n) is 8.66. The predicted octanol–water partition coefficient (Wildman–Crippen LogP) is 6.03. The molecule has 0 spiro atoms. The number of nitrogens with zero attached hydrogens (tertiary/aromatic N) is 2. The van der Waals surface area contributed by atoms with Gasteiger partial charge in [-0.2, -0.15) is 0 Å². The molecule has 0 fully saturated rings. The Hall–Kier alpha value is -1.81. The molecule has 3 nitrogen and oxygen atoms in total. The number of halogens is 2. The van der Waals surface area contributed by atoms with Crippen LogP contribution in [0.2, 0.25) is 10.0 Å². The van der Waals surface area contributed by atoms with E-state index in [0.29, 0.717) is 6.04 Å². The maximum atomic E-state index is 6.54. The van der Waals surface area contributed by atoms with E-state index in [0.717, 1.165) is 59.4 Å². The molecular formula is C24H25Cl2N3. The number of H-pyrrole nitrogens is 1. The normalized spacial score (nSPS) is 20.9. The highest BCUT2D eigenvalue weighted by molar-refractivity contribution is 6.33. The van der Waals surface area contributed by atoms with Crippen molar-refractivity contribution in [3.63, 3.8) is 0 Å². The summed E-state index contributed by atoms with van der Waals surface area (Å²) in [7, 11) is 0. The van der Waals surface area contributed by atoms with Gasteiger partial charge in [0.25, 0.3) is 0 Å². The molecule has 1 N–H and O–H groups in total. The summed E-state index contributed by atoms with van der Waals surface area (Å²) in [5, 5.41) is 1.64. The number of aromatic amines is 1. The molecule has 0 amide bonds. The maximum Gasteiger partial charge on any atom is 0.139 e. The second-order valence-corrected chi connectivity index (χ2v) is 9.48. The van der Waals surface area contributed by atoms with Crippen LogP contribution in [-0.4, -0.2) is 27.5 Å². The van der Waals surface area contributed by atoms with Gasteiger partial charge < -0.3 is 4.98 Å². The second kappa shape index (κ2) is 7.16. The van der Waals surface area contributed by atoms with Crippen molar-refractivity contribution in [1.82, 2.24) is 14.9 Å². The summed E-state index contributed by atoms with van der Waals surface area (Å²) in [6.07, 6.45) is 4.22. The molecule has 5 heteroatoms. The molecule has 1 aliphatic heterocycles. The van der Waals surface area contributed by atoms with Crippen molar-refractivity contribution in [2.24, 2.45) is 0 Å². The number of fused-ring (bicyclic) bond motifs is 2. The molecule has 1 unspecified atom stereocenters. The lowest BCUT2D eigenvalue weighted by Gasteiger charge is -2.47. The summed E-state index contributed by atoms with van der Waals surface area (Å²) in [5.41, 5.74) is 5.95. The average molecular weight is 426 g/mol. The van der Waals surface area contributed by atoms with E-state index < -0.39 is 0 Å². The molecular weight excluding hydrogens is 401 g/mol. The number of aryl methyl sites for hydroxylation is 1. The van der Waals surface area contributed by atoms with Crippen LogP contribution < -0.4 is 0 Å².